The molecule has 0 radical (unpaired) electrons. The normalized spacial score (nSPS) is 23.4. The van der Waals surface area contributed by atoms with Crippen molar-refractivity contribution in [3.63, 3.8) is 0 Å². The van der Waals surface area contributed by atoms with Gasteiger partial charge in [0.1, 0.15) is 0 Å². The third-order valence-corrected chi connectivity index (χ3v) is 3.07. The van der Waals surface area contributed by atoms with Gasteiger partial charge in [0.25, 0.3) is 0 Å². The zero-order valence-electron chi connectivity index (χ0n) is 9.94. The summed E-state index contributed by atoms with van der Waals surface area (Å²) in [5.74, 6) is 0. The van der Waals surface area contributed by atoms with Crippen LogP contribution >= 0.6 is 0 Å². The molecule has 3 N–H and O–H groups in total. The van der Waals surface area contributed by atoms with Crippen molar-refractivity contribution in [2.45, 2.75) is 38.3 Å². The molecule has 17 heavy (non-hydrogen) atoms. The number of benzene rings is 1. The number of urea groups is 1. The average Bonchev–Trinajstić information content (AvgIpc) is 2.64. The first-order chi connectivity index (χ1) is 8.15. The molecular formula is C13H18N2O2. The van der Waals surface area contributed by atoms with E-state index < -0.39 is 6.10 Å². The number of anilines is 1. The van der Waals surface area contributed by atoms with Crippen LogP contribution in [-0.2, 0) is 0 Å². The molecule has 92 valence electrons. The quantitative estimate of drug-likeness (QED) is 0.733. The summed E-state index contributed by atoms with van der Waals surface area (Å²) in [4.78, 5) is 11.7. The van der Waals surface area contributed by atoms with Crippen LogP contribution in [0.25, 0.3) is 0 Å². The number of rotatable bonds is 2. The Kier molecular flexibility index (Phi) is 3.64. The molecule has 1 aliphatic carbocycles. The van der Waals surface area contributed by atoms with Gasteiger partial charge in [-0.1, -0.05) is 12.1 Å². The summed E-state index contributed by atoms with van der Waals surface area (Å²) in [6, 6.07) is 7.27. The molecule has 0 bridgehead atoms. The molecular weight excluding hydrogens is 216 g/mol. The van der Waals surface area contributed by atoms with Gasteiger partial charge >= 0.3 is 6.03 Å². The Morgan fingerprint density at radius 1 is 1.41 bits per heavy atom. The zero-order valence-corrected chi connectivity index (χ0v) is 9.94. The molecule has 1 aliphatic rings. The van der Waals surface area contributed by atoms with Crippen molar-refractivity contribution in [3.8, 4) is 0 Å². The van der Waals surface area contributed by atoms with Gasteiger partial charge in [-0.25, -0.2) is 4.79 Å². The van der Waals surface area contributed by atoms with E-state index in [9.17, 15) is 9.90 Å². The van der Waals surface area contributed by atoms with E-state index in [2.05, 4.69) is 10.6 Å². The van der Waals surface area contributed by atoms with Crippen molar-refractivity contribution in [2.75, 3.05) is 5.32 Å². The van der Waals surface area contributed by atoms with Gasteiger partial charge in [-0.3, -0.25) is 0 Å². The van der Waals surface area contributed by atoms with E-state index in [1.165, 1.54) is 0 Å². The third-order valence-electron chi connectivity index (χ3n) is 3.07. The van der Waals surface area contributed by atoms with Crippen molar-refractivity contribution in [3.05, 3.63) is 29.8 Å². The van der Waals surface area contributed by atoms with E-state index in [1.54, 1.807) is 0 Å². The van der Waals surface area contributed by atoms with Crippen molar-refractivity contribution in [2.24, 2.45) is 0 Å². The smallest absolute Gasteiger partial charge is 0.319 e. The summed E-state index contributed by atoms with van der Waals surface area (Å²) in [6.07, 6.45) is 2.19. The van der Waals surface area contributed by atoms with Gasteiger partial charge < -0.3 is 15.7 Å². The lowest BCUT2D eigenvalue weighted by Gasteiger charge is -2.17. The summed E-state index contributed by atoms with van der Waals surface area (Å²) in [7, 11) is 0. The molecule has 2 atom stereocenters. The van der Waals surface area contributed by atoms with Crippen LogP contribution in [0.2, 0.25) is 0 Å². The number of aryl methyl sites for hydroxylation is 1. The molecule has 4 nitrogen and oxygen atoms in total. The van der Waals surface area contributed by atoms with Gasteiger partial charge in [-0.2, -0.15) is 0 Å². The molecule has 2 amide bonds. The lowest BCUT2D eigenvalue weighted by atomic mass is 10.2. The second-order valence-electron chi connectivity index (χ2n) is 4.57. The highest BCUT2D eigenvalue weighted by molar-refractivity contribution is 5.89. The lowest BCUT2D eigenvalue weighted by molar-refractivity contribution is 0.151. The summed E-state index contributed by atoms with van der Waals surface area (Å²) in [5, 5.41) is 15.2. The molecule has 4 heteroatoms. The Bertz CT molecular complexity index is 406. The van der Waals surface area contributed by atoms with Crippen LogP contribution in [0.5, 0.6) is 0 Å². The van der Waals surface area contributed by atoms with Crippen LogP contribution in [0, 0.1) is 6.92 Å². The Morgan fingerprint density at radius 3 is 2.88 bits per heavy atom. The number of nitrogens with one attached hydrogen (secondary N) is 2. The predicted molar refractivity (Wildman–Crippen MR) is 67.0 cm³/mol. The number of carbonyl (C=O) groups excluding carboxylic acids is 1. The Morgan fingerprint density at radius 2 is 2.24 bits per heavy atom. The van der Waals surface area contributed by atoms with E-state index in [0.717, 1.165) is 30.5 Å². The number of aliphatic hydroxyl groups excluding tert-OH is 1. The Hall–Kier alpha value is -1.55. The molecule has 0 aromatic heterocycles. The van der Waals surface area contributed by atoms with Crippen LogP contribution < -0.4 is 10.6 Å². The van der Waals surface area contributed by atoms with Crippen LogP contribution in [-0.4, -0.2) is 23.3 Å². The summed E-state index contributed by atoms with van der Waals surface area (Å²) >= 11 is 0. The number of aliphatic hydroxyl groups is 1. The molecule has 0 saturated heterocycles. The summed E-state index contributed by atoms with van der Waals surface area (Å²) in [6.45, 7) is 1.98. The minimum atomic E-state index is -0.404. The minimum absolute atomic E-state index is 0.111. The van der Waals surface area contributed by atoms with Crippen molar-refractivity contribution >= 4 is 11.7 Å². The molecule has 2 rings (SSSR count). The fraction of sp³-hybridized carbons (Fsp3) is 0.462. The van der Waals surface area contributed by atoms with E-state index in [4.69, 9.17) is 0 Å². The van der Waals surface area contributed by atoms with Crippen LogP contribution in [0.15, 0.2) is 24.3 Å². The van der Waals surface area contributed by atoms with E-state index in [0.29, 0.717) is 0 Å². The van der Waals surface area contributed by atoms with Crippen LogP contribution in [0.4, 0.5) is 10.5 Å². The fourth-order valence-electron chi connectivity index (χ4n) is 2.17. The maximum absolute atomic E-state index is 11.7. The first-order valence-electron chi connectivity index (χ1n) is 5.97. The minimum Gasteiger partial charge on any atom is -0.391 e. The van der Waals surface area contributed by atoms with Gasteiger partial charge in [0, 0.05) is 5.69 Å². The highest BCUT2D eigenvalue weighted by Crippen LogP contribution is 2.19. The maximum Gasteiger partial charge on any atom is 0.319 e. The van der Waals surface area contributed by atoms with E-state index in [1.807, 2.05) is 31.2 Å². The molecule has 2 unspecified atom stereocenters. The molecule has 1 fully saturated rings. The summed E-state index contributed by atoms with van der Waals surface area (Å²) in [5.41, 5.74) is 1.87. The van der Waals surface area contributed by atoms with E-state index in [-0.39, 0.29) is 12.1 Å². The Labute approximate surface area is 101 Å². The highest BCUT2D eigenvalue weighted by Gasteiger charge is 2.26. The third kappa shape index (κ3) is 3.20. The second-order valence-corrected chi connectivity index (χ2v) is 4.57. The van der Waals surface area contributed by atoms with Gasteiger partial charge in [0.05, 0.1) is 12.1 Å². The standard InChI is InChI=1S/C13H18N2O2/c1-9-4-2-5-10(8-9)14-13(17)15-11-6-3-7-12(11)16/h2,4-5,8,11-12,16H,3,6-7H2,1H3,(H2,14,15,17). The van der Waals surface area contributed by atoms with Gasteiger partial charge in [-0.15, -0.1) is 0 Å². The first kappa shape index (κ1) is 11.9. The fourth-order valence-corrected chi connectivity index (χ4v) is 2.17. The molecule has 1 aromatic rings. The SMILES string of the molecule is Cc1cccc(NC(=O)NC2CCCC2O)c1. The number of hydrogen-bond donors (Lipinski definition) is 3. The van der Waals surface area contributed by atoms with Gasteiger partial charge in [0.2, 0.25) is 0 Å². The monoisotopic (exact) mass is 234 g/mol. The lowest BCUT2D eigenvalue weighted by Crippen LogP contribution is -2.42. The molecule has 1 saturated carbocycles. The number of amides is 2. The van der Waals surface area contributed by atoms with E-state index >= 15 is 0 Å². The Balaban J connectivity index is 1.89. The highest BCUT2D eigenvalue weighted by atomic mass is 16.3. The summed E-state index contributed by atoms with van der Waals surface area (Å²) < 4.78 is 0. The number of hydrogen-bond acceptors (Lipinski definition) is 2. The first-order valence-corrected chi connectivity index (χ1v) is 5.97. The van der Waals surface area contributed by atoms with Crippen molar-refractivity contribution in [1.82, 2.24) is 5.32 Å². The molecule has 1 aromatic carbocycles. The molecule has 0 spiro atoms. The molecule has 0 heterocycles. The average molecular weight is 234 g/mol. The zero-order chi connectivity index (χ0) is 12.3. The predicted octanol–water partition coefficient (Wildman–Crippen LogP) is 2.03. The van der Waals surface area contributed by atoms with Crippen LogP contribution in [0.3, 0.4) is 0 Å². The van der Waals surface area contributed by atoms with Crippen molar-refractivity contribution < 1.29 is 9.90 Å². The van der Waals surface area contributed by atoms with Crippen molar-refractivity contribution in [1.29, 1.82) is 0 Å². The second kappa shape index (κ2) is 5.19. The number of carbonyl (C=O) groups is 1. The van der Waals surface area contributed by atoms with Gasteiger partial charge in [0.15, 0.2) is 0 Å². The van der Waals surface area contributed by atoms with Crippen LogP contribution in [0.1, 0.15) is 24.8 Å². The topological polar surface area (TPSA) is 61.4 Å². The maximum atomic E-state index is 11.7. The largest absolute Gasteiger partial charge is 0.391 e. The molecule has 0 aliphatic heterocycles. The van der Waals surface area contributed by atoms with Gasteiger partial charge in [-0.05, 0) is 43.9 Å².